The number of anilines is 1. The lowest BCUT2D eigenvalue weighted by Gasteiger charge is -2.20. The van der Waals surface area contributed by atoms with Crippen LogP contribution >= 0.6 is 0 Å². The van der Waals surface area contributed by atoms with Crippen LogP contribution in [-0.4, -0.2) is 4.57 Å². The SMILES string of the molecule is Cc1ccccc1-n1cc(-c2ccccc2)c(N)c(C(N)NN)c1=O. The van der Waals surface area contributed by atoms with E-state index in [0.29, 0.717) is 5.69 Å². The normalized spacial score (nSPS) is 12.1. The average Bonchev–Trinajstić information content (AvgIpc) is 2.63. The Bertz CT molecular complexity index is 950. The van der Waals surface area contributed by atoms with Crippen molar-refractivity contribution in [3.8, 4) is 16.8 Å². The van der Waals surface area contributed by atoms with Crippen molar-refractivity contribution in [2.24, 2.45) is 11.6 Å². The van der Waals surface area contributed by atoms with E-state index in [1.54, 1.807) is 10.8 Å². The summed E-state index contributed by atoms with van der Waals surface area (Å²) in [5.74, 6) is 5.47. The Balaban J connectivity index is 2.37. The van der Waals surface area contributed by atoms with Crippen LogP contribution < -0.4 is 28.3 Å². The van der Waals surface area contributed by atoms with Gasteiger partial charge in [0.15, 0.2) is 0 Å². The van der Waals surface area contributed by atoms with Crippen LogP contribution in [0.4, 0.5) is 5.69 Å². The molecular formula is C19H21N5O. The van der Waals surface area contributed by atoms with Gasteiger partial charge in [0.2, 0.25) is 0 Å². The van der Waals surface area contributed by atoms with Crippen LogP contribution in [0.2, 0.25) is 0 Å². The molecule has 0 fully saturated rings. The van der Waals surface area contributed by atoms with Gasteiger partial charge in [0.1, 0.15) is 6.17 Å². The van der Waals surface area contributed by atoms with E-state index in [1.807, 2.05) is 61.5 Å². The van der Waals surface area contributed by atoms with Crippen molar-refractivity contribution >= 4 is 5.69 Å². The van der Waals surface area contributed by atoms with Crippen LogP contribution in [-0.2, 0) is 0 Å². The van der Waals surface area contributed by atoms with Gasteiger partial charge in [-0.05, 0) is 24.1 Å². The number of hydrazine groups is 1. The molecule has 0 aliphatic rings. The van der Waals surface area contributed by atoms with Gasteiger partial charge >= 0.3 is 0 Å². The molecule has 3 rings (SSSR count). The molecule has 0 saturated heterocycles. The summed E-state index contributed by atoms with van der Waals surface area (Å²) in [5, 5.41) is 0. The quantitative estimate of drug-likeness (QED) is 0.330. The Morgan fingerprint density at radius 2 is 1.68 bits per heavy atom. The van der Waals surface area contributed by atoms with E-state index in [-0.39, 0.29) is 11.1 Å². The van der Waals surface area contributed by atoms with Gasteiger partial charge in [-0.25, -0.2) is 5.43 Å². The molecule has 0 spiro atoms. The van der Waals surface area contributed by atoms with Crippen molar-refractivity contribution < 1.29 is 0 Å². The lowest BCUT2D eigenvalue weighted by atomic mass is 10.0. The van der Waals surface area contributed by atoms with Gasteiger partial charge < -0.3 is 11.5 Å². The Labute approximate surface area is 145 Å². The van der Waals surface area contributed by atoms with Crippen LogP contribution in [0.1, 0.15) is 17.3 Å². The minimum Gasteiger partial charge on any atom is -0.398 e. The molecule has 1 atom stereocenters. The summed E-state index contributed by atoms with van der Waals surface area (Å²) >= 11 is 0. The zero-order valence-corrected chi connectivity index (χ0v) is 13.9. The second-order valence-corrected chi connectivity index (χ2v) is 5.84. The Hall–Kier alpha value is -2.93. The molecule has 0 radical (unpaired) electrons. The van der Waals surface area contributed by atoms with Crippen LogP contribution in [0.3, 0.4) is 0 Å². The van der Waals surface area contributed by atoms with E-state index in [4.69, 9.17) is 17.3 Å². The van der Waals surface area contributed by atoms with Crippen molar-refractivity contribution in [2.75, 3.05) is 5.73 Å². The molecule has 3 aromatic rings. The van der Waals surface area contributed by atoms with Crippen molar-refractivity contribution in [1.82, 2.24) is 9.99 Å². The number of benzene rings is 2. The van der Waals surface area contributed by atoms with Crippen molar-refractivity contribution in [3.63, 3.8) is 0 Å². The Morgan fingerprint density at radius 1 is 1.04 bits per heavy atom. The second kappa shape index (κ2) is 6.90. The van der Waals surface area contributed by atoms with Crippen LogP contribution in [0, 0.1) is 6.92 Å². The minimum absolute atomic E-state index is 0.243. The second-order valence-electron chi connectivity index (χ2n) is 5.84. The largest absolute Gasteiger partial charge is 0.398 e. The van der Waals surface area contributed by atoms with E-state index in [9.17, 15) is 4.79 Å². The molecule has 1 aromatic heterocycles. The zero-order chi connectivity index (χ0) is 18.0. The number of nitrogens with zero attached hydrogens (tertiary/aromatic N) is 1. The predicted molar refractivity (Wildman–Crippen MR) is 101 cm³/mol. The summed E-state index contributed by atoms with van der Waals surface area (Å²) < 4.78 is 1.57. The Kier molecular flexibility index (Phi) is 4.67. The first-order chi connectivity index (χ1) is 12.0. The fourth-order valence-electron chi connectivity index (χ4n) is 2.89. The zero-order valence-electron chi connectivity index (χ0n) is 13.9. The third-order valence-corrected chi connectivity index (χ3v) is 4.24. The number of aryl methyl sites for hydroxylation is 1. The van der Waals surface area contributed by atoms with Gasteiger partial charge in [-0.3, -0.25) is 15.2 Å². The number of aromatic nitrogens is 1. The Morgan fingerprint density at radius 3 is 2.32 bits per heavy atom. The van der Waals surface area contributed by atoms with E-state index in [0.717, 1.165) is 22.4 Å². The van der Waals surface area contributed by atoms with E-state index < -0.39 is 6.17 Å². The molecule has 7 N–H and O–H groups in total. The molecule has 1 heterocycles. The smallest absolute Gasteiger partial charge is 0.263 e. The van der Waals surface area contributed by atoms with Gasteiger partial charge in [0.25, 0.3) is 5.56 Å². The van der Waals surface area contributed by atoms with Crippen molar-refractivity contribution in [2.45, 2.75) is 13.1 Å². The first-order valence-electron chi connectivity index (χ1n) is 7.92. The number of hydrogen-bond donors (Lipinski definition) is 4. The molecule has 0 aliphatic heterocycles. The summed E-state index contributed by atoms with van der Waals surface area (Å²) in [6.45, 7) is 1.95. The first kappa shape index (κ1) is 16.9. The third kappa shape index (κ3) is 3.06. The van der Waals surface area contributed by atoms with E-state index in [1.165, 1.54) is 0 Å². The summed E-state index contributed by atoms with van der Waals surface area (Å²) in [7, 11) is 0. The minimum atomic E-state index is -0.869. The molecule has 0 amide bonds. The molecular weight excluding hydrogens is 314 g/mol. The number of pyridine rings is 1. The summed E-state index contributed by atoms with van der Waals surface area (Å²) in [5.41, 5.74) is 18.3. The number of hydrogen-bond acceptors (Lipinski definition) is 5. The predicted octanol–water partition coefficient (Wildman–Crippen LogP) is 1.82. The third-order valence-electron chi connectivity index (χ3n) is 4.24. The highest BCUT2D eigenvalue weighted by molar-refractivity contribution is 5.78. The monoisotopic (exact) mass is 335 g/mol. The summed E-state index contributed by atoms with van der Waals surface area (Å²) in [6, 6.07) is 17.3. The maximum absolute atomic E-state index is 13.0. The number of para-hydroxylation sites is 1. The molecule has 2 aromatic carbocycles. The molecule has 6 nitrogen and oxygen atoms in total. The standard InChI is InChI=1S/C19H21N5O/c1-12-7-5-6-10-15(12)24-11-14(13-8-3-2-4-9-13)17(20)16(19(24)25)18(21)23-22/h2-11,18,23H,20-22H2,1H3. The molecule has 6 heteroatoms. The van der Waals surface area contributed by atoms with Gasteiger partial charge in [-0.1, -0.05) is 48.5 Å². The molecule has 0 saturated carbocycles. The van der Waals surface area contributed by atoms with E-state index in [2.05, 4.69) is 5.43 Å². The number of nitrogens with one attached hydrogen (secondary N) is 1. The average molecular weight is 335 g/mol. The lowest BCUT2D eigenvalue weighted by Crippen LogP contribution is -2.40. The number of nitrogen functional groups attached to an aromatic ring is 1. The lowest BCUT2D eigenvalue weighted by molar-refractivity contribution is 0.570. The highest BCUT2D eigenvalue weighted by atomic mass is 16.1. The van der Waals surface area contributed by atoms with Crippen molar-refractivity contribution in [1.29, 1.82) is 0 Å². The van der Waals surface area contributed by atoms with Gasteiger partial charge in [0.05, 0.1) is 16.9 Å². The number of nitrogens with two attached hydrogens (primary N) is 3. The molecule has 128 valence electrons. The van der Waals surface area contributed by atoms with Crippen LogP contribution in [0.15, 0.2) is 65.6 Å². The van der Waals surface area contributed by atoms with Gasteiger partial charge in [0, 0.05) is 11.8 Å². The molecule has 0 bridgehead atoms. The maximum atomic E-state index is 13.0. The molecule has 0 aliphatic carbocycles. The highest BCUT2D eigenvalue weighted by Crippen LogP contribution is 2.29. The first-order valence-corrected chi connectivity index (χ1v) is 7.92. The molecule has 1 unspecified atom stereocenters. The van der Waals surface area contributed by atoms with Crippen LogP contribution in [0.5, 0.6) is 0 Å². The maximum Gasteiger partial charge on any atom is 0.263 e. The van der Waals surface area contributed by atoms with E-state index >= 15 is 0 Å². The van der Waals surface area contributed by atoms with Crippen LogP contribution in [0.25, 0.3) is 16.8 Å². The summed E-state index contributed by atoms with van der Waals surface area (Å²) in [6.07, 6.45) is 0.883. The highest BCUT2D eigenvalue weighted by Gasteiger charge is 2.20. The van der Waals surface area contributed by atoms with Crippen molar-refractivity contribution in [3.05, 3.63) is 82.3 Å². The fourth-order valence-corrected chi connectivity index (χ4v) is 2.89. The number of rotatable bonds is 4. The fraction of sp³-hybridized carbons (Fsp3) is 0.105. The van der Waals surface area contributed by atoms with Gasteiger partial charge in [-0.2, -0.15) is 0 Å². The molecule has 25 heavy (non-hydrogen) atoms. The summed E-state index contributed by atoms with van der Waals surface area (Å²) in [4.78, 5) is 13.0. The van der Waals surface area contributed by atoms with Gasteiger partial charge in [-0.15, -0.1) is 0 Å². The topological polar surface area (TPSA) is 112 Å².